The van der Waals surface area contributed by atoms with Gasteiger partial charge in [0.2, 0.25) is 5.16 Å². The number of methoxy groups -OCH3 is 1. The minimum atomic E-state index is -0.996. The summed E-state index contributed by atoms with van der Waals surface area (Å²) in [6.07, 6.45) is 0. The molecule has 2 N–H and O–H groups in total. The van der Waals surface area contributed by atoms with Gasteiger partial charge in [-0.2, -0.15) is 0 Å². The first-order valence-electron chi connectivity index (χ1n) is 7.77. The number of nitro groups is 1. The summed E-state index contributed by atoms with van der Waals surface area (Å²) < 4.78 is 5.20. The van der Waals surface area contributed by atoms with Crippen molar-refractivity contribution < 1.29 is 19.6 Å². The molecule has 3 aromatic rings. The molecule has 0 saturated heterocycles. The molecule has 2 aromatic carbocycles. The number of hydrogen-bond acceptors (Lipinski definition) is 7. The zero-order valence-electron chi connectivity index (χ0n) is 14.4. The van der Waals surface area contributed by atoms with Crippen LogP contribution < -0.4 is 4.74 Å². The van der Waals surface area contributed by atoms with Gasteiger partial charge in [-0.05, 0) is 35.4 Å². The van der Waals surface area contributed by atoms with Gasteiger partial charge < -0.3 is 9.84 Å². The van der Waals surface area contributed by atoms with E-state index in [4.69, 9.17) is 21.4 Å². The molecular weight excluding hydrogens is 408 g/mol. The zero-order valence-corrected chi connectivity index (χ0v) is 16.0. The summed E-state index contributed by atoms with van der Waals surface area (Å²) in [5.41, 5.74) is 1.47. The predicted molar refractivity (Wildman–Crippen MR) is 104 cm³/mol. The SMILES string of the molecule is COc1cc(Cl)cc(-c2cc(-c3nc(SCC(=O)O)n[nH]3)cc([N+](=O)[O-])c2)c1. The van der Waals surface area contributed by atoms with Crippen molar-refractivity contribution in [1.29, 1.82) is 0 Å². The van der Waals surface area contributed by atoms with Crippen LogP contribution in [0.5, 0.6) is 5.75 Å². The Morgan fingerprint density at radius 3 is 2.64 bits per heavy atom. The molecule has 0 radical (unpaired) electrons. The van der Waals surface area contributed by atoms with Gasteiger partial charge in [-0.25, -0.2) is 4.98 Å². The van der Waals surface area contributed by atoms with Gasteiger partial charge in [0.05, 0.1) is 17.8 Å². The van der Waals surface area contributed by atoms with Crippen molar-refractivity contribution in [2.24, 2.45) is 0 Å². The maximum atomic E-state index is 11.4. The monoisotopic (exact) mass is 420 g/mol. The van der Waals surface area contributed by atoms with Crippen LogP contribution >= 0.6 is 23.4 Å². The summed E-state index contributed by atoms with van der Waals surface area (Å²) >= 11 is 7.05. The van der Waals surface area contributed by atoms with Gasteiger partial charge >= 0.3 is 5.97 Å². The summed E-state index contributed by atoms with van der Waals surface area (Å²) in [6.45, 7) is 0. The second-order valence-electron chi connectivity index (χ2n) is 5.55. The van der Waals surface area contributed by atoms with Crippen LogP contribution in [0, 0.1) is 10.1 Å². The fraction of sp³-hybridized carbons (Fsp3) is 0.118. The number of nitrogens with one attached hydrogen (secondary N) is 1. The van der Waals surface area contributed by atoms with E-state index in [9.17, 15) is 14.9 Å². The minimum Gasteiger partial charge on any atom is -0.497 e. The average molecular weight is 421 g/mol. The third kappa shape index (κ3) is 4.59. The highest BCUT2D eigenvalue weighted by atomic mass is 35.5. The number of carboxylic acid groups (broad SMARTS) is 1. The molecule has 1 heterocycles. The number of carboxylic acids is 1. The number of halogens is 1. The third-order valence-electron chi connectivity index (χ3n) is 3.63. The molecule has 0 bridgehead atoms. The highest BCUT2D eigenvalue weighted by molar-refractivity contribution is 7.99. The van der Waals surface area contributed by atoms with Crippen LogP contribution in [-0.2, 0) is 4.79 Å². The Kier molecular flexibility index (Phi) is 5.81. The number of H-pyrrole nitrogens is 1. The Morgan fingerprint density at radius 1 is 1.25 bits per heavy atom. The number of hydrogen-bond donors (Lipinski definition) is 2. The molecular formula is C17H13ClN4O5S. The molecule has 0 amide bonds. The van der Waals surface area contributed by atoms with Gasteiger partial charge in [-0.3, -0.25) is 20.0 Å². The Morgan fingerprint density at radius 2 is 1.96 bits per heavy atom. The van der Waals surface area contributed by atoms with E-state index >= 15 is 0 Å². The first kappa shape index (κ1) is 19.6. The number of nitrogens with zero attached hydrogens (tertiary/aromatic N) is 3. The van der Waals surface area contributed by atoms with Gasteiger partial charge in [0, 0.05) is 22.7 Å². The molecule has 11 heteroatoms. The number of non-ortho nitro benzene ring substituents is 1. The molecule has 0 aliphatic heterocycles. The topological polar surface area (TPSA) is 131 Å². The minimum absolute atomic E-state index is 0.136. The van der Waals surface area contributed by atoms with Crippen molar-refractivity contribution in [1.82, 2.24) is 15.2 Å². The maximum Gasteiger partial charge on any atom is 0.313 e. The molecule has 144 valence electrons. The van der Waals surface area contributed by atoms with E-state index in [2.05, 4.69) is 15.2 Å². The average Bonchev–Trinajstić information content (AvgIpc) is 3.14. The first-order chi connectivity index (χ1) is 13.4. The zero-order chi connectivity index (χ0) is 20.3. The molecule has 28 heavy (non-hydrogen) atoms. The van der Waals surface area contributed by atoms with E-state index in [1.54, 1.807) is 24.3 Å². The Balaban J connectivity index is 2.05. The van der Waals surface area contributed by atoms with Crippen molar-refractivity contribution >= 4 is 35.0 Å². The number of thioether (sulfide) groups is 1. The van der Waals surface area contributed by atoms with E-state index in [0.717, 1.165) is 11.8 Å². The number of aliphatic carboxylic acids is 1. The number of nitro benzene ring substituents is 1. The lowest BCUT2D eigenvalue weighted by molar-refractivity contribution is -0.384. The molecule has 0 fully saturated rings. The molecule has 0 aliphatic carbocycles. The first-order valence-corrected chi connectivity index (χ1v) is 9.14. The maximum absolute atomic E-state index is 11.4. The second-order valence-corrected chi connectivity index (χ2v) is 6.93. The molecule has 9 nitrogen and oxygen atoms in total. The van der Waals surface area contributed by atoms with Crippen molar-refractivity contribution in [3.8, 4) is 28.3 Å². The van der Waals surface area contributed by atoms with Crippen molar-refractivity contribution in [2.45, 2.75) is 5.16 Å². The van der Waals surface area contributed by atoms with Gasteiger partial charge in [0.1, 0.15) is 5.75 Å². The van der Waals surface area contributed by atoms with E-state index in [1.807, 2.05) is 0 Å². The van der Waals surface area contributed by atoms with Gasteiger partial charge in [0.15, 0.2) is 5.82 Å². The van der Waals surface area contributed by atoms with Crippen LogP contribution in [0.1, 0.15) is 0 Å². The molecule has 0 atom stereocenters. The Labute approximate surface area is 167 Å². The molecule has 0 spiro atoms. The van der Waals surface area contributed by atoms with Crippen molar-refractivity contribution in [3.05, 3.63) is 51.5 Å². The van der Waals surface area contributed by atoms with Crippen molar-refractivity contribution in [2.75, 3.05) is 12.9 Å². The van der Waals surface area contributed by atoms with Crippen LogP contribution in [-0.4, -0.2) is 44.0 Å². The fourth-order valence-corrected chi connectivity index (χ4v) is 3.18. The standard InChI is InChI=1S/C17H13ClN4O5S/c1-27-14-6-10(3-12(18)7-14)9-2-11(5-13(4-9)22(25)26)16-19-17(21-20-16)28-8-15(23)24/h2-7H,8H2,1H3,(H,23,24)(H,19,20,21). The van der Waals surface area contributed by atoms with E-state index in [1.165, 1.54) is 19.2 Å². The summed E-state index contributed by atoms with van der Waals surface area (Å²) in [7, 11) is 1.50. The Hall–Kier alpha value is -3.11. The number of rotatable bonds is 7. The molecule has 1 aromatic heterocycles. The van der Waals surface area contributed by atoms with Crippen molar-refractivity contribution in [3.63, 3.8) is 0 Å². The normalized spacial score (nSPS) is 10.6. The lowest BCUT2D eigenvalue weighted by atomic mass is 10.0. The molecule has 0 unspecified atom stereocenters. The highest BCUT2D eigenvalue weighted by Crippen LogP contribution is 2.34. The summed E-state index contributed by atoms with van der Waals surface area (Å²) in [5.74, 6) is -0.391. The number of carbonyl (C=O) groups is 1. The van der Waals surface area contributed by atoms with Gasteiger partial charge in [-0.15, -0.1) is 5.10 Å². The van der Waals surface area contributed by atoms with E-state index in [-0.39, 0.29) is 22.4 Å². The number of benzene rings is 2. The predicted octanol–water partition coefficient (Wildman–Crippen LogP) is 3.89. The summed E-state index contributed by atoms with van der Waals surface area (Å²) in [4.78, 5) is 25.7. The van der Waals surface area contributed by atoms with Crippen LogP contribution in [0.3, 0.4) is 0 Å². The van der Waals surface area contributed by atoms with Crippen LogP contribution in [0.4, 0.5) is 5.69 Å². The number of aromatic amines is 1. The summed E-state index contributed by atoms with van der Waals surface area (Å²) in [6, 6.07) is 9.49. The third-order valence-corrected chi connectivity index (χ3v) is 4.68. The summed E-state index contributed by atoms with van der Waals surface area (Å²) in [5, 5.41) is 27.4. The van der Waals surface area contributed by atoms with E-state index in [0.29, 0.717) is 27.5 Å². The largest absolute Gasteiger partial charge is 0.497 e. The fourth-order valence-electron chi connectivity index (χ4n) is 2.43. The van der Waals surface area contributed by atoms with Crippen LogP contribution in [0.15, 0.2) is 41.6 Å². The molecule has 3 rings (SSSR count). The Bertz CT molecular complexity index is 1060. The lowest BCUT2D eigenvalue weighted by Gasteiger charge is -2.08. The molecule has 0 saturated carbocycles. The smallest absolute Gasteiger partial charge is 0.313 e. The molecule has 0 aliphatic rings. The van der Waals surface area contributed by atoms with Gasteiger partial charge in [-0.1, -0.05) is 23.4 Å². The number of ether oxygens (including phenoxy) is 1. The number of aromatic nitrogens is 3. The van der Waals surface area contributed by atoms with Crippen LogP contribution in [0.25, 0.3) is 22.5 Å². The van der Waals surface area contributed by atoms with E-state index < -0.39 is 10.9 Å². The second kappa shape index (κ2) is 8.28. The van der Waals surface area contributed by atoms with Crippen LogP contribution in [0.2, 0.25) is 5.02 Å². The van der Waals surface area contributed by atoms with Gasteiger partial charge in [0.25, 0.3) is 5.69 Å². The quantitative estimate of drug-likeness (QED) is 0.334. The highest BCUT2D eigenvalue weighted by Gasteiger charge is 2.16. The lowest BCUT2D eigenvalue weighted by Crippen LogP contribution is -1.97.